The number of aromatic nitrogens is 2. The first-order valence-electron chi connectivity index (χ1n) is 5.97. The third-order valence-electron chi connectivity index (χ3n) is 2.69. The number of anilines is 2. The minimum Gasteiger partial charge on any atom is -0.508 e. The Morgan fingerprint density at radius 1 is 1.00 bits per heavy atom. The molecular formula is C14H9Cl2N3OS. The lowest BCUT2D eigenvalue weighted by atomic mass is 10.2. The normalized spacial score (nSPS) is 10.6. The Kier molecular flexibility index (Phi) is 3.96. The van der Waals surface area contributed by atoms with Gasteiger partial charge in [0.15, 0.2) is 0 Å². The lowest BCUT2D eigenvalue weighted by Crippen LogP contribution is -1.89. The molecule has 2 N–H and O–H groups in total. The molecule has 3 aromatic rings. The second-order valence-electron chi connectivity index (χ2n) is 4.22. The van der Waals surface area contributed by atoms with Crippen molar-refractivity contribution in [2.75, 3.05) is 5.32 Å². The predicted molar refractivity (Wildman–Crippen MR) is 86.8 cm³/mol. The van der Waals surface area contributed by atoms with E-state index in [1.54, 1.807) is 30.3 Å². The van der Waals surface area contributed by atoms with Crippen LogP contribution in [0.5, 0.6) is 5.75 Å². The lowest BCUT2D eigenvalue weighted by Gasteiger charge is -2.03. The highest BCUT2D eigenvalue weighted by Gasteiger charge is 2.08. The first-order valence-corrected chi connectivity index (χ1v) is 7.54. The van der Waals surface area contributed by atoms with E-state index in [0.29, 0.717) is 20.2 Å². The Morgan fingerprint density at radius 3 is 2.62 bits per heavy atom. The summed E-state index contributed by atoms with van der Waals surface area (Å²) < 4.78 is 0. The van der Waals surface area contributed by atoms with Crippen molar-refractivity contribution in [3.63, 3.8) is 0 Å². The van der Waals surface area contributed by atoms with Crippen molar-refractivity contribution in [2.24, 2.45) is 0 Å². The van der Waals surface area contributed by atoms with E-state index in [1.165, 1.54) is 11.3 Å². The summed E-state index contributed by atoms with van der Waals surface area (Å²) in [6.07, 6.45) is 0. The van der Waals surface area contributed by atoms with Gasteiger partial charge in [0.1, 0.15) is 10.8 Å². The van der Waals surface area contributed by atoms with Crippen molar-refractivity contribution in [3.8, 4) is 16.3 Å². The van der Waals surface area contributed by atoms with Gasteiger partial charge in [0, 0.05) is 11.3 Å². The van der Waals surface area contributed by atoms with Gasteiger partial charge >= 0.3 is 0 Å². The van der Waals surface area contributed by atoms with E-state index in [1.807, 2.05) is 12.1 Å². The van der Waals surface area contributed by atoms with Gasteiger partial charge in [-0.3, -0.25) is 0 Å². The van der Waals surface area contributed by atoms with Gasteiger partial charge in [0.2, 0.25) is 5.13 Å². The maximum atomic E-state index is 9.49. The van der Waals surface area contributed by atoms with Gasteiger partial charge in [-0.25, -0.2) is 0 Å². The summed E-state index contributed by atoms with van der Waals surface area (Å²) in [5.74, 6) is 0.196. The molecule has 1 heterocycles. The third kappa shape index (κ3) is 3.26. The average Bonchev–Trinajstić information content (AvgIpc) is 2.91. The highest BCUT2D eigenvalue weighted by atomic mass is 35.5. The topological polar surface area (TPSA) is 58.0 Å². The first-order chi connectivity index (χ1) is 10.1. The fourth-order valence-corrected chi connectivity index (χ4v) is 2.78. The smallest absolute Gasteiger partial charge is 0.210 e. The quantitative estimate of drug-likeness (QED) is 0.709. The fraction of sp³-hybridized carbons (Fsp3) is 0. The van der Waals surface area contributed by atoms with E-state index in [9.17, 15) is 5.11 Å². The summed E-state index contributed by atoms with van der Waals surface area (Å²) in [5, 5.41) is 23.1. The van der Waals surface area contributed by atoms with Crippen molar-refractivity contribution >= 4 is 45.4 Å². The molecule has 4 nitrogen and oxygen atoms in total. The minimum absolute atomic E-state index is 0.196. The van der Waals surface area contributed by atoms with Crippen LogP contribution in [0.25, 0.3) is 10.6 Å². The minimum atomic E-state index is 0.196. The number of phenolic OH excluding ortho intramolecular Hbond substituents is 1. The van der Waals surface area contributed by atoms with E-state index in [0.717, 1.165) is 11.3 Å². The summed E-state index contributed by atoms with van der Waals surface area (Å²) in [6.45, 7) is 0. The molecular weight excluding hydrogens is 329 g/mol. The van der Waals surface area contributed by atoms with Gasteiger partial charge in [0.05, 0.1) is 10.0 Å². The zero-order valence-electron chi connectivity index (χ0n) is 10.5. The maximum absolute atomic E-state index is 9.49. The molecule has 0 saturated carbocycles. The van der Waals surface area contributed by atoms with Crippen LogP contribution in [-0.2, 0) is 0 Å². The monoisotopic (exact) mass is 337 g/mol. The van der Waals surface area contributed by atoms with Crippen molar-refractivity contribution in [2.45, 2.75) is 0 Å². The van der Waals surface area contributed by atoms with Crippen LogP contribution < -0.4 is 5.32 Å². The SMILES string of the molecule is Oc1cccc(-c2nnc(Nc3ccc(Cl)c(Cl)c3)s2)c1. The molecule has 0 amide bonds. The molecule has 0 fully saturated rings. The zero-order valence-corrected chi connectivity index (χ0v) is 12.9. The van der Waals surface area contributed by atoms with Crippen LogP contribution in [-0.4, -0.2) is 15.3 Å². The summed E-state index contributed by atoms with van der Waals surface area (Å²) in [6, 6.07) is 12.1. The van der Waals surface area contributed by atoms with Gasteiger partial charge < -0.3 is 10.4 Å². The molecule has 0 radical (unpaired) electrons. The van der Waals surface area contributed by atoms with Gasteiger partial charge in [-0.2, -0.15) is 0 Å². The van der Waals surface area contributed by atoms with Crippen molar-refractivity contribution in [1.82, 2.24) is 10.2 Å². The van der Waals surface area contributed by atoms with E-state index in [4.69, 9.17) is 23.2 Å². The molecule has 0 saturated heterocycles. The van der Waals surface area contributed by atoms with Crippen LogP contribution in [0, 0.1) is 0 Å². The molecule has 0 bridgehead atoms. The third-order valence-corrected chi connectivity index (χ3v) is 4.32. The second-order valence-corrected chi connectivity index (χ2v) is 6.01. The highest BCUT2D eigenvalue weighted by molar-refractivity contribution is 7.18. The molecule has 0 atom stereocenters. The Hall–Kier alpha value is -1.82. The number of nitrogens with one attached hydrogen (secondary N) is 1. The van der Waals surface area contributed by atoms with Gasteiger partial charge in [-0.15, -0.1) is 10.2 Å². The highest BCUT2D eigenvalue weighted by Crippen LogP contribution is 2.31. The first kappa shape index (κ1) is 14.1. The predicted octanol–water partition coefficient (Wildman–Crippen LogP) is 4.96. The van der Waals surface area contributed by atoms with E-state index < -0.39 is 0 Å². The largest absolute Gasteiger partial charge is 0.508 e. The second kappa shape index (κ2) is 5.89. The maximum Gasteiger partial charge on any atom is 0.210 e. The number of nitrogens with zero attached hydrogens (tertiary/aromatic N) is 2. The Labute approximate surface area is 135 Å². The fourth-order valence-electron chi connectivity index (χ4n) is 1.73. The molecule has 3 rings (SSSR count). The average molecular weight is 338 g/mol. The van der Waals surface area contributed by atoms with Crippen LogP contribution in [0.1, 0.15) is 0 Å². The van der Waals surface area contributed by atoms with Crippen LogP contribution in [0.2, 0.25) is 10.0 Å². The van der Waals surface area contributed by atoms with Crippen LogP contribution in [0.15, 0.2) is 42.5 Å². The number of halogens is 2. The number of benzene rings is 2. The number of rotatable bonds is 3. The number of phenols is 1. The molecule has 2 aromatic carbocycles. The van der Waals surface area contributed by atoms with Crippen molar-refractivity contribution in [1.29, 1.82) is 0 Å². The molecule has 0 aliphatic rings. The molecule has 0 spiro atoms. The Morgan fingerprint density at radius 2 is 1.86 bits per heavy atom. The van der Waals surface area contributed by atoms with Gasteiger partial charge in [-0.1, -0.05) is 46.7 Å². The summed E-state index contributed by atoms with van der Waals surface area (Å²) in [4.78, 5) is 0. The summed E-state index contributed by atoms with van der Waals surface area (Å²) >= 11 is 13.2. The van der Waals surface area contributed by atoms with E-state index in [2.05, 4.69) is 15.5 Å². The van der Waals surface area contributed by atoms with Gasteiger partial charge in [-0.05, 0) is 30.3 Å². The molecule has 0 aliphatic carbocycles. The van der Waals surface area contributed by atoms with Crippen molar-refractivity contribution in [3.05, 3.63) is 52.5 Å². The van der Waals surface area contributed by atoms with Gasteiger partial charge in [0.25, 0.3) is 0 Å². The Bertz CT molecular complexity index is 791. The van der Waals surface area contributed by atoms with E-state index >= 15 is 0 Å². The molecule has 7 heteroatoms. The number of hydrogen-bond donors (Lipinski definition) is 2. The molecule has 1 aromatic heterocycles. The van der Waals surface area contributed by atoms with Crippen LogP contribution >= 0.6 is 34.5 Å². The summed E-state index contributed by atoms with van der Waals surface area (Å²) in [7, 11) is 0. The summed E-state index contributed by atoms with van der Waals surface area (Å²) in [5.41, 5.74) is 1.60. The van der Waals surface area contributed by atoms with E-state index in [-0.39, 0.29) is 5.75 Å². The van der Waals surface area contributed by atoms with Crippen LogP contribution in [0.4, 0.5) is 10.8 Å². The number of aromatic hydroxyl groups is 1. The molecule has 0 unspecified atom stereocenters. The molecule has 0 aliphatic heterocycles. The number of hydrogen-bond acceptors (Lipinski definition) is 5. The zero-order chi connectivity index (χ0) is 14.8. The van der Waals surface area contributed by atoms with Crippen LogP contribution in [0.3, 0.4) is 0 Å². The Balaban J connectivity index is 1.83. The standard InChI is InChI=1S/C14H9Cl2N3OS/c15-11-5-4-9(7-12(11)16)17-14-19-18-13(21-14)8-2-1-3-10(20)6-8/h1-7,20H,(H,17,19). The lowest BCUT2D eigenvalue weighted by molar-refractivity contribution is 0.475. The van der Waals surface area contributed by atoms with Crippen molar-refractivity contribution < 1.29 is 5.11 Å². The molecule has 106 valence electrons. The molecule has 21 heavy (non-hydrogen) atoms.